The molecule has 0 unspecified atom stereocenters. The Balaban J connectivity index is 1.71. The first-order valence-electron chi connectivity index (χ1n) is 8.87. The Labute approximate surface area is 164 Å². The van der Waals surface area contributed by atoms with Gasteiger partial charge in [-0.1, -0.05) is 6.07 Å². The number of carbonyl (C=O) groups is 1. The van der Waals surface area contributed by atoms with Crippen LogP contribution in [0.5, 0.6) is 0 Å². The number of aryl methyl sites for hydroxylation is 2. The lowest BCUT2D eigenvalue weighted by molar-refractivity contribution is -0.384. The number of nitro benzene ring substituents is 1. The fourth-order valence-corrected chi connectivity index (χ4v) is 3.32. The number of hydrogen-bond acceptors (Lipinski definition) is 5. The highest BCUT2D eigenvalue weighted by atomic mass is 16.6. The zero-order valence-electron chi connectivity index (χ0n) is 15.7. The predicted molar refractivity (Wildman–Crippen MR) is 111 cm³/mol. The molecule has 144 valence electrons. The Hall–Kier alpha value is -4.00. The Kier molecular flexibility index (Phi) is 4.35. The average Bonchev–Trinajstić information content (AvgIpc) is 2.69. The highest BCUT2D eigenvalue weighted by molar-refractivity contribution is 6.05. The van der Waals surface area contributed by atoms with E-state index in [0.717, 1.165) is 11.1 Å². The van der Waals surface area contributed by atoms with Gasteiger partial charge in [-0.2, -0.15) is 0 Å². The lowest BCUT2D eigenvalue weighted by Gasteiger charge is -2.08. The molecule has 3 aromatic carbocycles. The van der Waals surface area contributed by atoms with Crippen LogP contribution < -0.4 is 10.7 Å². The molecule has 0 saturated heterocycles. The molecular formula is C22H16N2O5. The number of carbonyl (C=O) groups excluding carboxylic acids is 1. The third-order valence-corrected chi connectivity index (χ3v) is 4.70. The maximum absolute atomic E-state index is 12.8. The molecule has 4 aromatic rings. The molecule has 1 heterocycles. The second-order valence-electron chi connectivity index (χ2n) is 6.86. The third kappa shape index (κ3) is 3.34. The zero-order valence-corrected chi connectivity index (χ0v) is 15.7. The maximum Gasteiger partial charge on any atom is 0.269 e. The summed E-state index contributed by atoms with van der Waals surface area (Å²) in [4.78, 5) is 35.5. The van der Waals surface area contributed by atoms with E-state index in [-0.39, 0.29) is 16.7 Å². The molecule has 0 fully saturated rings. The van der Waals surface area contributed by atoms with E-state index < -0.39 is 10.8 Å². The zero-order chi connectivity index (χ0) is 20.7. The van der Waals surface area contributed by atoms with Gasteiger partial charge in [0.1, 0.15) is 11.2 Å². The normalized spacial score (nSPS) is 11.0. The third-order valence-electron chi connectivity index (χ3n) is 4.70. The van der Waals surface area contributed by atoms with Gasteiger partial charge in [0.05, 0.1) is 15.7 Å². The molecule has 7 nitrogen and oxygen atoms in total. The van der Waals surface area contributed by atoms with E-state index in [0.29, 0.717) is 27.6 Å². The summed E-state index contributed by atoms with van der Waals surface area (Å²) in [6, 6.07) is 13.9. The molecule has 1 aromatic heterocycles. The van der Waals surface area contributed by atoms with Crippen LogP contribution in [0.2, 0.25) is 0 Å². The van der Waals surface area contributed by atoms with E-state index in [1.165, 1.54) is 24.3 Å². The van der Waals surface area contributed by atoms with Crippen LogP contribution >= 0.6 is 0 Å². The van der Waals surface area contributed by atoms with Crippen LogP contribution in [0.25, 0.3) is 21.9 Å². The van der Waals surface area contributed by atoms with Crippen molar-refractivity contribution in [3.8, 4) is 0 Å². The summed E-state index contributed by atoms with van der Waals surface area (Å²) in [6.07, 6.45) is 0. The van der Waals surface area contributed by atoms with Gasteiger partial charge < -0.3 is 9.73 Å². The largest absolute Gasteiger partial charge is 0.455 e. The van der Waals surface area contributed by atoms with Gasteiger partial charge in [-0.25, -0.2) is 0 Å². The molecule has 1 amide bonds. The minimum atomic E-state index is -0.527. The fourth-order valence-electron chi connectivity index (χ4n) is 3.32. The number of hydrogen-bond donors (Lipinski definition) is 1. The van der Waals surface area contributed by atoms with Crippen molar-refractivity contribution in [3.05, 3.63) is 91.6 Å². The molecular weight excluding hydrogens is 372 g/mol. The average molecular weight is 388 g/mol. The second-order valence-corrected chi connectivity index (χ2v) is 6.86. The van der Waals surface area contributed by atoms with Crippen LogP contribution in [-0.2, 0) is 0 Å². The van der Waals surface area contributed by atoms with E-state index in [1.807, 2.05) is 19.9 Å². The van der Waals surface area contributed by atoms with Gasteiger partial charge in [0.25, 0.3) is 11.6 Å². The molecule has 0 saturated carbocycles. The standard InChI is InChI=1S/C22H16N2O5/c1-12-9-13(2)21-18(10-12)20(25)17-8-5-15(11-19(17)29-21)23-22(26)14-3-6-16(7-4-14)24(27)28/h3-11H,1-2H3,(H,23,26). The molecule has 0 aliphatic rings. The number of non-ortho nitro benzene ring substituents is 1. The van der Waals surface area contributed by atoms with Crippen molar-refractivity contribution in [2.45, 2.75) is 13.8 Å². The summed E-state index contributed by atoms with van der Waals surface area (Å²) in [7, 11) is 0. The summed E-state index contributed by atoms with van der Waals surface area (Å²) in [5.41, 5.74) is 3.25. The molecule has 0 radical (unpaired) electrons. The summed E-state index contributed by atoms with van der Waals surface area (Å²) in [6.45, 7) is 3.80. The van der Waals surface area contributed by atoms with Gasteiger partial charge in [0.2, 0.25) is 5.43 Å². The first-order valence-corrected chi connectivity index (χ1v) is 8.87. The van der Waals surface area contributed by atoms with Crippen molar-refractivity contribution >= 4 is 39.2 Å². The SMILES string of the molecule is Cc1cc(C)c2oc3cc(NC(=O)c4ccc([N+](=O)[O-])cc4)ccc3c(=O)c2c1. The first kappa shape index (κ1) is 18.4. The maximum atomic E-state index is 12.8. The molecule has 0 bridgehead atoms. The number of anilines is 1. The monoisotopic (exact) mass is 388 g/mol. The van der Waals surface area contributed by atoms with Crippen molar-refractivity contribution in [1.82, 2.24) is 0 Å². The number of rotatable bonds is 3. The van der Waals surface area contributed by atoms with Crippen LogP contribution in [0, 0.1) is 24.0 Å². The van der Waals surface area contributed by atoms with E-state index in [4.69, 9.17) is 4.42 Å². The Morgan fingerprint density at radius 1 is 1.00 bits per heavy atom. The van der Waals surface area contributed by atoms with Gasteiger partial charge in [-0.05, 0) is 55.3 Å². The highest BCUT2D eigenvalue weighted by Gasteiger charge is 2.13. The second kappa shape index (κ2) is 6.87. The van der Waals surface area contributed by atoms with Crippen molar-refractivity contribution in [2.75, 3.05) is 5.32 Å². The molecule has 0 aliphatic heterocycles. The molecule has 1 N–H and O–H groups in total. The van der Waals surface area contributed by atoms with Gasteiger partial charge >= 0.3 is 0 Å². The number of amides is 1. The number of benzene rings is 3. The molecule has 0 aliphatic carbocycles. The van der Waals surface area contributed by atoms with E-state index in [2.05, 4.69) is 5.32 Å². The van der Waals surface area contributed by atoms with Crippen molar-refractivity contribution in [3.63, 3.8) is 0 Å². The number of fused-ring (bicyclic) bond motifs is 2. The lowest BCUT2D eigenvalue weighted by Crippen LogP contribution is -2.12. The quantitative estimate of drug-likeness (QED) is 0.311. The number of nitro groups is 1. The van der Waals surface area contributed by atoms with E-state index in [9.17, 15) is 19.7 Å². The van der Waals surface area contributed by atoms with Crippen LogP contribution in [-0.4, -0.2) is 10.8 Å². The summed E-state index contributed by atoms with van der Waals surface area (Å²) in [5, 5.41) is 14.4. The van der Waals surface area contributed by atoms with E-state index in [1.54, 1.807) is 24.3 Å². The Morgan fingerprint density at radius 2 is 1.72 bits per heavy atom. The smallest absolute Gasteiger partial charge is 0.269 e. The number of nitrogens with one attached hydrogen (secondary N) is 1. The molecule has 4 rings (SSSR count). The minimum absolute atomic E-state index is 0.0912. The predicted octanol–water partition coefficient (Wildman–Crippen LogP) is 4.72. The van der Waals surface area contributed by atoms with Gasteiger partial charge in [-0.3, -0.25) is 19.7 Å². The van der Waals surface area contributed by atoms with E-state index >= 15 is 0 Å². The van der Waals surface area contributed by atoms with Crippen LogP contribution in [0.1, 0.15) is 21.5 Å². The Bertz CT molecular complexity index is 1350. The molecule has 0 atom stereocenters. The lowest BCUT2D eigenvalue weighted by atomic mass is 10.1. The van der Waals surface area contributed by atoms with Crippen molar-refractivity contribution in [2.24, 2.45) is 0 Å². The van der Waals surface area contributed by atoms with Crippen LogP contribution in [0.4, 0.5) is 11.4 Å². The van der Waals surface area contributed by atoms with Crippen LogP contribution in [0.15, 0.2) is 63.8 Å². The Morgan fingerprint density at radius 3 is 2.41 bits per heavy atom. The molecule has 7 heteroatoms. The van der Waals surface area contributed by atoms with Gasteiger partial charge in [-0.15, -0.1) is 0 Å². The summed E-state index contributed by atoms with van der Waals surface area (Å²) >= 11 is 0. The van der Waals surface area contributed by atoms with Crippen molar-refractivity contribution < 1.29 is 14.1 Å². The van der Waals surface area contributed by atoms with Crippen molar-refractivity contribution in [1.29, 1.82) is 0 Å². The van der Waals surface area contributed by atoms with Gasteiger partial charge in [0, 0.05) is 29.4 Å². The van der Waals surface area contributed by atoms with Crippen LogP contribution in [0.3, 0.4) is 0 Å². The summed E-state index contributed by atoms with van der Waals surface area (Å²) in [5.74, 6) is -0.422. The highest BCUT2D eigenvalue weighted by Crippen LogP contribution is 2.25. The number of nitrogens with zero attached hydrogens (tertiary/aromatic N) is 1. The summed E-state index contributed by atoms with van der Waals surface area (Å²) < 4.78 is 5.96. The minimum Gasteiger partial charge on any atom is -0.455 e. The van der Waals surface area contributed by atoms with Gasteiger partial charge in [0.15, 0.2) is 0 Å². The molecule has 29 heavy (non-hydrogen) atoms. The first-order chi connectivity index (χ1) is 13.8. The fraction of sp³-hybridized carbons (Fsp3) is 0.0909. The molecule has 0 spiro atoms. The topological polar surface area (TPSA) is 102 Å².